The van der Waals surface area contributed by atoms with E-state index in [1.165, 1.54) is 26.2 Å². The minimum Gasteiger partial charge on any atom is -0.493 e. The average Bonchev–Trinajstić information content (AvgIpc) is 3.09. The Kier molecular flexibility index (Phi) is 4.79. The number of hydrogen-bond acceptors (Lipinski definition) is 4. The number of ketones is 1. The summed E-state index contributed by atoms with van der Waals surface area (Å²) < 4.78 is 25.6. The molecule has 0 atom stereocenters. The van der Waals surface area contributed by atoms with Crippen LogP contribution >= 0.6 is 0 Å². The molecule has 5 nitrogen and oxygen atoms in total. The van der Waals surface area contributed by atoms with Crippen LogP contribution in [0.5, 0.6) is 11.5 Å². The molecule has 0 aliphatic rings. The Morgan fingerprint density at radius 1 is 1.12 bits per heavy atom. The molecule has 0 N–H and O–H groups in total. The summed E-state index contributed by atoms with van der Waals surface area (Å²) in [7, 11) is 1.52. The smallest absolute Gasteiger partial charge is 0.161 e. The van der Waals surface area contributed by atoms with Gasteiger partial charge in [0.15, 0.2) is 17.3 Å². The Labute approximate surface area is 144 Å². The lowest BCUT2D eigenvalue weighted by Gasteiger charge is -2.10. The SMILES string of the molecule is COc1cc(C(C)=O)ccc1OCc1ccn(-c2ccc(F)cc2)n1. The predicted molar refractivity (Wildman–Crippen MR) is 90.9 cm³/mol. The number of ether oxygens (including phenoxy) is 2. The molecule has 25 heavy (non-hydrogen) atoms. The van der Waals surface area contributed by atoms with Crippen molar-refractivity contribution in [2.75, 3.05) is 7.11 Å². The normalized spacial score (nSPS) is 10.5. The highest BCUT2D eigenvalue weighted by atomic mass is 19.1. The van der Waals surface area contributed by atoms with E-state index < -0.39 is 0 Å². The zero-order valence-electron chi connectivity index (χ0n) is 13.9. The molecule has 0 saturated carbocycles. The molecule has 0 amide bonds. The van der Waals surface area contributed by atoms with E-state index in [1.807, 2.05) is 6.07 Å². The van der Waals surface area contributed by atoms with E-state index in [4.69, 9.17) is 9.47 Å². The van der Waals surface area contributed by atoms with Crippen LogP contribution in [0.25, 0.3) is 5.69 Å². The van der Waals surface area contributed by atoms with Gasteiger partial charge in [-0.1, -0.05) is 0 Å². The number of aromatic nitrogens is 2. The first-order valence-electron chi connectivity index (χ1n) is 7.69. The lowest BCUT2D eigenvalue weighted by atomic mass is 10.1. The van der Waals surface area contributed by atoms with Gasteiger partial charge >= 0.3 is 0 Å². The Hall–Kier alpha value is -3.15. The number of benzene rings is 2. The highest BCUT2D eigenvalue weighted by Crippen LogP contribution is 2.29. The van der Waals surface area contributed by atoms with Crippen molar-refractivity contribution in [1.82, 2.24) is 9.78 Å². The number of rotatable bonds is 6. The summed E-state index contributed by atoms with van der Waals surface area (Å²) in [4.78, 5) is 11.4. The Morgan fingerprint density at radius 2 is 1.88 bits per heavy atom. The van der Waals surface area contributed by atoms with Crippen molar-refractivity contribution in [3.63, 3.8) is 0 Å². The van der Waals surface area contributed by atoms with Crippen molar-refractivity contribution in [3.8, 4) is 17.2 Å². The first-order chi connectivity index (χ1) is 12.1. The molecular formula is C19H17FN2O3. The van der Waals surface area contributed by atoms with E-state index in [0.717, 1.165) is 5.69 Å². The number of nitrogens with zero attached hydrogens (tertiary/aromatic N) is 2. The van der Waals surface area contributed by atoms with Crippen LogP contribution in [0.3, 0.4) is 0 Å². The minimum absolute atomic E-state index is 0.0390. The fraction of sp³-hybridized carbons (Fsp3) is 0.158. The third-order valence-electron chi connectivity index (χ3n) is 3.68. The van der Waals surface area contributed by atoms with E-state index in [9.17, 15) is 9.18 Å². The summed E-state index contributed by atoms with van der Waals surface area (Å²) in [6.07, 6.45) is 1.78. The molecule has 1 aromatic heterocycles. The summed E-state index contributed by atoms with van der Waals surface area (Å²) in [5.74, 6) is 0.693. The van der Waals surface area contributed by atoms with Gasteiger partial charge in [0.2, 0.25) is 0 Å². The van der Waals surface area contributed by atoms with Crippen LogP contribution in [0.15, 0.2) is 54.7 Å². The van der Waals surface area contributed by atoms with Crippen LogP contribution in [0.4, 0.5) is 4.39 Å². The van der Waals surface area contributed by atoms with Gasteiger partial charge in [-0.3, -0.25) is 4.79 Å². The molecule has 0 fully saturated rings. The maximum absolute atomic E-state index is 13.0. The van der Waals surface area contributed by atoms with Crippen LogP contribution in [0, 0.1) is 5.82 Å². The monoisotopic (exact) mass is 340 g/mol. The van der Waals surface area contributed by atoms with Gasteiger partial charge < -0.3 is 9.47 Å². The van der Waals surface area contributed by atoms with Gasteiger partial charge in [-0.15, -0.1) is 0 Å². The minimum atomic E-state index is -0.291. The number of methoxy groups -OCH3 is 1. The van der Waals surface area contributed by atoms with Crippen molar-refractivity contribution in [2.45, 2.75) is 13.5 Å². The molecule has 128 valence electrons. The molecule has 0 radical (unpaired) electrons. The van der Waals surface area contributed by atoms with E-state index in [2.05, 4.69) is 5.10 Å². The number of halogens is 1. The van der Waals surface area contributed by atoms with Gasteiger partial charge in [0.1, 0.15) is 18.1 Å². The van der Waals surface area contributed by atoms with E-state index in [-0.39, 0.29) is 18.2 Å². The number of carbonyl (C=O) groups is 1. The van der Waals surface area contributed by atoms with Crippen LogP contribution in [0.1, 0.15) is 23.0 Å². The Bertz CT molecular complexity index is 888. The molecule has 0 aliphatic heterocycles. The van der Waals surface area contributed by atoms with Gasteiger partial charge in [0, 0.05) is 11.8 Å². The molecule has 2 aromatic carbocycles. The second-order valence-corrected chi connectivity index (χ2v) is 5.44. The molecule has 3 aromatic rings. The van der Waals surface area contributed by atoms with Crippen LogP contribution < -0.4 is 9.47 Å². The highest BCUT2D eigenvalue weighted by molar-refractivity contribution is 5.94. The first kappa shape index (κ1) is 16.7. The molecule has 0 spiro atoms. The predicted octanol–water partition coefficient (Wildman–Crippen LogP) is 3.80. The molecule has 0 unspecified atom stereocenters. The molecule has 3 rings (SSSR count). The van der Waals surface area contributed by atoms with E-state index >= 15 is 0 Å². The fourth-order valence-electron chi connectivity index (χ4n) is 2.33. The fourth-order valence-corrected chi connectivity index (χ4v) is 2.33. The van der Waals surface area contributed by atoms with E-state index in [0.29, 0.717) is 22.8 Å². The van der Waals surface area contributed by atoms with Gasteiger partial charge in [0.25, 0.3) is 0 Å². The maximum Gasteiger partial charge on any atom is 0.161 e. The van der Waals surface area contributed by atoms with Crippen molar-refractivity contribution in [1.29, 1.82) is 0 Å². The van der Waals surface area contributed by atoms with E-state index in [1.54, 1.807) is 41.2 Å². The highest BCUT2D eigenvalue weighted by Gasteiger charge is 2.09. The van der Waals surface area contributed by atoms with Crippen molar-refractivity contribution in [2.24, 2.45) is 0 Å². The Balaban J connectivity index is 1.72. The van der Waals surface area contributed by atoms with Gasteiger partial charge in [-0.05, 0) is 55.5 Å². The van der Waals surface area contributed by atoms with Gasteiger partial charge in [0.05, 0.1) is 12.8 Å². The quantitative estimate of drug-likeness (QED) is 0.641. The van der Waals surface area contributed by atoms with Gasteiger partial charge in [-0.2, -0.15) is 5.10 Å². The molecule has 1 heterocycles. The van der Waals surface area contributed by atoms with Crippen molar-refractivity contribution >= 4 is 5.78 Å². The topological polar surface area (TPSA) is 53.4 Å². The van der Waals surface area contributed by atoms with Crippen LogP contribution in [-0.2, 0) is 6.61 Å². The summed E-state index contributed by atoms with van der Waals surface area (Å²) in [6, 6.07) is 12.9. The zero-order chi connectivity index (χ0) is 17.8. The van der Waals surface area contributed by atoms with Crippen molar-refractivity contribution < 1.29 is 18.7 Å². The molecule has 0 aliphatic carbocycles. The first-order valence-corrected chi connectivity index (χ1v) is 7.69. The average molecular weight is 340 g/mol. The zero-order valence-corrected chi connectivity index (χ0v) is 13.9. The molecule has 6 heteroatoms. The second kappa shape index (κ2) is 7.17. The molecule has 0 bridgehead atoms. The second-order valence-electron chi connectivity index (χ2n) is 5.44. The summed E-state index contributed by atoms with van der Waals surface area (Å²) >= 11 is 0. The third kappa shape index (κ3) is 3.85. The standard InChI is InChI=1S/C19H17FN2O3/c1-13(23)14-3-8-18(19(11-14)24-2)25-12-16-9-10-22(21-16)17-6-4-15(20)5-7-17/h3-11H,12H2,1-2H3. The maximum atomic E-state index is 13.0. The summed E-state index contributed by atoms with van der Waals surface area (Å²) in [5.41, 5.74) is 2.03. The lowest BCUT2D eigenvalue weighted by Crippen LogP contribution is -2.02. The number of carbonyl (C=O) groups excluding carboxylic acids is 1. The van der Waals surface area contributed by atoms with Crippen LogP contribution in [0.2, 0.25) is 0 Å². The van der Waals surface area contributed by atoms with Gasteiger partial charge in [-0.25, -0.2) is 9.07 Å². The van der Waals surface area contributed by atoms with Crippen molar-refractivity contribution in [3.05, 3.63) is 71.8 Å². The Morgan fingerprint density at radius 3 is 2.56 bits per heavy atom. The summed E-state index contributed by atoms with van der Waals surface area (Å²) in [6.45, 7) is 1.74. The lowest BCUT2D eigenvalue weighted by molar-refractivity contribution is 0.101. The number of hydrogen-bond donors (Lipinski definition) is 0. The largest absolute Gasteiger partial charge is 0.493 e. The summed E-state index contributed by atoms with van der Waals surface area (Å²) in [5, 5.41) is 4.40. The number of Topliss-reactive ketones (excluding diaryl/α,β-unsaturated/α-hetero) is 1. The third-order valence-corrected chi connectivity index (χ3v) is 3.68. The molecule has 0 saturated heterocycles. The van der Waals surface area contributed by atoms with Crippen LogP contribution in [-0.4, -0.2) is 22.7 Å². The molecular weight excluding hydrogens is 323 g/mol.